The minimum absolute atomic E-state index is 0.0613. The van der Waals surface area contributed by atoms with E-state index in [4.69, 9.17) is 5.11 Å². The lowest BCUT2D eigenvalue weighted by molar-refractivity contribution is 0.201. The zero-order valence-corrected chi connectivity index (χ0v) is 11.4. The van der Waals surface area contributed by atoms with Gasteiger partial charge < -0.3 is 5.11 Å². The van der Waals surface area contributed by atoms with Crippen molar-refractivity contribution in [3.8, 4) is 11.3 Å². The molecule has 0 fully saturated rings. The van der Waals surface area contributed by atoms with E-state index in [0.29, 0.717) is 0 Å². The summed E-state index contributed by atoms with van der Waals surface area (Å²) in [4.78, 5) is 12.6. The first kappa shape index (κ1) is 15.3. The van der Waals surface area contributed by atoms with E-state index in [9.17, 15) is 26.4 Å². The Labute approximate surface area is 119 Å². The zero-order chi connectivity index (χ0) is 15.8. The molecule has 0 unspecified atom stereocenters. The Morgan fingerprint density at radius 2 is 1.95 bits per heavy atom. The Morgan fingerprint density at radius 3 is 2.48 bits per heavy atom. The Bertz CT molecular complexity index is 806. The SMILES string of the molecule is O=C(O)NS(=O)(=O)c1cc(F)c(F)c(-c2cscn2)c1F. The van der Waals surface area contributed by atoms with Crippen LogP contribution in [0.3, 0.4) is 0 Å². The number of nitrogens with one attached hydrogen (secondary N) is 1. The molecule has 0 spiro atoms. The van der Waals surface area contributed by atoms with Crippen molar-refractivity contribution in [1.29, 1.82) is 0 Å². The van der Waals surface area contributed by atoms with Crippen LogP contribution in [0.2, 0.25) is 0 Å². The normalized spacial score (nSPS) is 11.4. The lowest BCUT2D eigenvalue weighted by atomic mass is 10.1. The fraction of sp³-hybridized carbons (Fsp3) is 0. The molecule has 0 aliphatic rings. The highest BCUT2D eigenvalue weighted by molar-refractivity contribution is 7.90. The summed E-state index contributed by atoms with van der Waals surface area (Å²) in [7, 11) is -4.90. The van der Waals surface area contributed by atoms with Gasteiger partial charge in [0, 0.05) is 11.4 Å². The number of hydrogen-bond acceptors (Lipinski definition) is 5. The lowest BCUT2D eigenvalue weighted by Gasteiger charge is -2.09. The molecule has 0 aliphatic heterocycles. The minimum atomic E-state index is -4.90. The van der Waals surface area contributed by atoms with Crippen molar-refractivity contribution in [3.63, 3.8) is 0 Å². The van der Waals surface area contributed by atoms with Crippen LogP contribution in [0.5, 0.6) is 0 Å². The summed E-state index contributed by atoms with van der Waals surface area (Å²) >= 11 is 0.956. The average Bonchev–Trinajstić information content (AvgIpc) is 2.86. The highest BCUT2D eigenvalue weighted by Crippen LogP contribution is 2.31. The largest absolute Gasteiger partial charge is 0.464 e. The van der Waals surface area contributed by atoms with Gasteiger partial charge in [-0.1, -0.05) is 0 Å². The number of amides is 1. The molecule has 0 saturated carbocycles. The second kappa shape index (κ2) is 5.33. The van der Waals surface area contributed by atoms with Crippen molar-refractivity contribution in [1.82, 2.24) is 9.71 Å². The number of carboxylic acid groups (broad SMARTS) is 1. The van der Waals surface area contributed by atoms with Gasteiger partial charge in [0.05, 0.1) is 16.8 Å². The number of aromatic nitrogens is 1. The summed E-state index contributed by atoms with van der Waals surface area (Å²) in [6.45, 7) is 0. The standard InChI is InChI=1S/C10H5F3N2O4S2/c11-4-1-6(21(18,19)15-10(16)17)9(13)7(8(4)12)5-2-20-3-14-5/h1-3,15H,(H,16,17). The quantitative estimate of drug-likeness (QED) is 0.836. The molecule has 1 heterocycles. The summed E-state index contributed by atoms with van der Waals surface area (Å²) in [6, 6.07) is 0.0613. The van der Waals surface area contributed by atoms with Gasteiger partial charge in [-0.05, 0) is 0 Å². The van der Waals surface area contributed by atoms with Gasteiger partial charge in [-0.2, -0.15) is 0 Å². The number of hydrogen-bond donors (Lipinski definition) is 2. The number of halogens is 3. The third-order valence-electron chi connectivity index (χ3n) is 2.32. The maximum atomic E-state index is 14.2. The summed E-state index contributed by atoms with van der Waals surface area (Å²) in [6.07, 6.45) is -1.99. The van der Waals surface area contributed by atoms with Gasteiger partial charge in [0.15, 0.2) is 17.5 Å². The molecule has 1 aromatic carbocycles. The summed E-state index contributed by atoms with van der Waals surface area (Å²) in [5.74, 6) is -4.90. The van der Waals surface area contributed by atoms with Gasteiger partial charge in [-0.15, -0.1) is 11.3 Å². The highest BCUT2D eigenvalue weighted by atomic mass is 32.2. The van der Waals surface area contributed by atoms with Crippen LogP contribution in [0.15, 0.2) is 21.9 Å². The summed E-state index contributed by atoms with van der Waals surface area (Å²) in [5.41, 5.74) is -0.0775. The molecule has 2 N–H and O–H groups in total. The van der Waals surface area contributed by atoms with Gasteiger partial charge in [-0.25, -0.2) is 36.1 Å². The van der Waals surface area contributed by atoms with Crippen molar-refractivity contribution < 1.29 is 31.5 Å². The van der Waals surface area contributed by atoms with E-state index in [1.54, 1.807) is 0 Å². The number of benzene rings is 1. The van der Waals surface area contributed by atoms with Gasteiger partial charge in [-0.3, -0.25) is 0 Å². The molecule has 1 aromatic heterocycles. The zero-order valence-electron chi connectivity index (χ0n) is 9.80. The molecule has 2 rings (SSSR count). The molecule has 0 aliphatic carbocycles. The van der Waals surface area contributed by atoms with Crippen LogP contribution in [-0.4, -0.2) is 24.6 Å². The van der Waals surface area contributed by atoms with Gasteiger partial charge in [0.2, 0.25) is 0 Å². The van der Waals surface area contributed by atoms with Crippen molar-refractivity contribution in [3.05, 3.63) is 34.4 Å². The smallest absolute Gasteiger partial charge is 0.418 e. The number of sulfonamides is 1. The Hall–Kier alpha value is -2.14. The Balaban J connectivity index is 2.74. The van der Waals surface area contributed by atoms with E-state index in [2.05, 4.69) is 4.98 Å². The average molecular weight is 338 g/mol. The molecule has 0 atom stereocenters. The van der Waals surface area contributed by atoms with Gasteiger partial charge in [0.25, 0.3) is 10.0 Å². The molecule has 0 bridgehead atoms. The third-order valence-corrected chi connectivity index (χ3v) is 4.23. The van der Waals surface area contributed by atoms with E-state index >= 15 is 0 Å². The van der Waals surface area contributed by atoms with E-state index in [1.165, 1.54) is 10.9 Å². The first-order valence-electron chi connectivity index (χ1n) is 5.06. The minimum Gasteiger partial charge on any atom is -0.464 e. The van der Waals surface area contributed by atoms with Crippen LogP contribution < -0.4 is 4.72 Å². The number of thiazole rings is 1. The molecule has 21 heavy (non-hydrogen) atoms. The molecule has 1 amide bonds. The maximum absolute atomic E-state index is 14.2. The fourth-order valence-corrected chi connectivity index (χ4v) is 2.99. The van der Waals surface area contributed by atoms with Crippen molar-refractivity contribution in [2.45, 2.75) is 4.90 Å². The Kier molecular flexibility index (Phi) is 3.87. The predicted molar refractivity (Wildman–Crippen MR) is 65.8 cm³/mol. The van der Waals surface area contributed by atoms with Crippen LogP contribution in [0.1, 0.15) is 0 Å². The van der Waals surface area contributed by atoms with Crippen LogP contribution in [0.25, 0.3) is 11.3 Å². The van der Waals surface area contributed by atoms with E-state index < -0.39 is 44.0 Å². The second-order valence-corrected chi connectivity index (χ2v) is 6.01. The van der Waals surface area contributed by atoms with Crippen molar-refractivity contribution >= 4 is 27.5 Å². The molecule has 6 nitrogen and oxygen atoms in total. The molecular formula is C10H5F3N2O4S2. The van der Waals surface area contributed by atoms with E-state index in [1.807, 2.05) is 0 Å². The number of rotatable bonds is 3. The molecule has 2 aromatic rings. The highest BCUT2D eigenvalue weighted by Gasteiger charge is 2.29. The van der Waals surface area contributed by atoms with Crippen LogP contribution in [0.4, 0.5) is 18.0 Å². The van der Waals surface area contributed by atoms with Crippen LogP contribution in [-0.2, 0) is 10.0 Å². The molecular weight excluding hydrogens is 333 g/mol. The second-order valence-electron chi connectivity index (χ2n) is 3.64. The monoisotopic (exact) mass is 338 g/mol. The topological polar surface area (TPSA) is 96.4 Å². The maximum Gasteiger partial charge on any atom is 0.418 e. The molecule has 112 valence electrons. The van der Waals surface area contributed by atoms with Crippen molar-refractivity contribution in [2.24, 2.45) is 0 Å². The summed E-state index contributed by atoms with van der Waals surface area (Å²) < 4.78 is 65.6. The van der Waals surface area contributed by atoms with Crippen molar-refractivity contribution in [2.75, 3.05) is 0 Å². The fourth-order valence-electron chi connectivity index (χ4n) is 1.51. The van der Waals surface area contributed by atoms with E-state index in [-0.39, 0.29) is 11.8 Å². The van der Waals surface area contributed by atoms with Crippen LogP contribution >= 0.6 is 11.3 Å². The molecule has 11 heteroatoms. The van der Waals surface area contributed by atoms with E-state index in [0.717, 1.165) is 16.1 Å². The summed E-state index contributed by atoms with van der Waals surface area (Å²) in [5, 5.41) is 9.57. The van der Waals surface area contributed by atoms with Gasteiger partial charge in [0.1, 0.15) is 4.90 Å². The molecule has 0 saturated heterocycles. The van der Waals surface area contributed by atoms with Crippen LogP contribution in [0, 0.1) is 17.5 Å². The first-order chi connectivity index (χ1) is 9.74. The molecule has 0 radical (unpaired) electrons. The number of carbonyl (C=O) groups is 1. The van der Waals surface area contributed by atoms with Gasteiger partial charge >= 0.3 is 6.09 Å². The number of nitrogens with zero attached hydrogens (tertiary/aromatic N) is 1. The first-order valence-corrected chi connectivity index (χ1v) is 7.48. The predicted octanol–water partition coefficient (Wildman–Crippen LogP) is 2.18. The lowest BCUT2D eigenvalue weighted by Crippen LogP contribution is -2.30. The Morgan fingerprint density at radius 1 is 1.29 bits per heavy atom. The third kappa shape index (κ3) is 2.83.